The summed E-state index contributed by atoms with van der Waals surface area (Å²) >= 11 is 0. The number of nitrogens with two attached hydrogens (primary N) is 1. The first-order valence-corrected chi connectivity index (χ1v) is 15.9. The molecule has 1 aromatic heterocycles. The third-order valence-corrected chi connectivity index (χ3v) is 8.25. The van der Waals surface area contributed by atoms with Gasteiger partial charge in [0.25, 0.3) is 0 Å². The number of aromatic nitrogens is 2. The summed E-state index contributed by atoms with van der Waals surface area (Å²) in [6.45, 7) is 4.09. The predicted octanol–water partition coefficient (Wildman–Crippen LogP) is 3.98. The molecule has 0 radical (unpaired) electrons. The minimum atomic E-state index is -5.08. The molecule has 51 heavy (non-hydrogen) atoms. The number of nitrogens with one attached hydrogen (secondary N) is 3. The number of carbonyl (C=O) groups is 5. The van der Waals surface area contributed by atoms with E-state index in [1.165, 1.54) is 6.42 Å². The predicted molar refractivity (Wildman–Crippen MR) is 170 cm³/mol. The molecule has 2 aliphatic rings. The Hall–Kier alpha value is -4.52. The Labute approximate surface area is 289 Å². The summed E-state index contributed by atoms with van der Waals surface area (Å²) < 4.78 is 65.3. The molecule has 1 aliphatic carbocycles. The van der Waals surface area contributed by atoms with Crippen LogP contribution < -0.4 is 21.7 Å². The lowest BCUT2D eigenvalue weighted by Crippen LogP contribution is -2.55. The molecule has 0 spiro atoms. The van der Waals surface area contributed by atoms with Crippen LogP contribution in [0.5, 0.6) is 0 Å². The average molecular weight is 737 g/mol. The molecular weight excluding hydrogens is 694 g/mol. The molecule has 2 heterocycles. The average Bonchev–Trinajstić information content (AvgIpc) is 3.76. The molecule has 2 aromatic rings. The Bertz CT molecular complexity index is 1440. The first-order chi connectivity index (χ1) is 23.6. The van der Waals surface area contributed by atoms with E-state index in [4.69, 9.17) is 25.5 Å². The van der Waals surface area contributed by atoms with Gasteiger partial charge in [0.15, 0.2) is 12.1 Å². The van der Waals surface area contributed by atoms with Crippen LogP contribution in [-0.4, -0.2) is 86.3 Å². The van der Waals surface area contributed by atoms with Crippen LogP contribution >= 0.6 is 0 Å². The molecule has 7 N–H and O–H groups in total. The number of carboxylic acids is 2. The Morgan fingerprint density at radius 2 is 1.51 bits per heavy atom. The van der Waals surface area contributed by atoms with E-state index >= 15 is 0 Å². The first-order valence-electron chi connectivity index (χ1n) is 15.9. The van der Waals surface area contributed by atoms with Crippen molar-refractivity contribution < 1.29 is 60.5 Å². The van der Waals surface area contributed by atoms with Gasteiger partial charge in [-0.2, -0.15) is 26.3 Å². The standard InChI is InChI=1S/C28H40N6O3.2C2HF3O2/c1-27(2,29)26(37)32-22(16-20-10-5-3-6-11-20)25(36)33-24-17-34(19-31-24)28(18-35,23-14-9-15-30-23)21-12-7-4-8-13-21;2*3-2(4,5)1(6)7/h4,7-8,12-13,17-20,22-23,30H,3,5-6,9-11,14-16,29H2,1-2H3,(H,32,37)(H,33,36);2*(H,6,7)/t22-,23?,28?;;/m1../s1. The van der Waals surface area contributed by atoms with Crippen molar-refractivity contribution >= 4 is 35.9 Å². The second-order valence-corrected chi connectivity index (χ2v) is 12.7. The number of benzene rings is 1. The van der Waals surface area contributed by atoms with Crippen LogP contribution in [0.4, 0.5) is 32.2 Å². The van der Waals surface area contributed by atoms with Crippen LogP contribution in [0.3, 0.4) is 0 Å². The number of hydrogen-bond donors (Lipinski definition) is 6. The summed E-state index contributed by atoms with van der Waals surface area (Å²) in [5.41, 5.74) is 4.76. The van der Waals surface area contributed by atoms with E-state index in [2.05, 4.69) is 20.9 Å². The molecule has 2 unspecified atom stereocenters. The third kappa shape index (κ3) is 12.6. The van der Waals surface area contributed by atoms with Gasteiger partial charge in [-0.15, -0.1) is 0 Å². The zero-order valence-corrected chi connectivity index (χ0v) is 27.9. The normalized spacial score (nSPS) is 18.4. The smallest absolute Gasteiger partial charge is 0.475 e. The molecule has 1 aliphatic heterocycles. The van der Waals surface area contributed by atoms with Crippen LogP contribution in [0.1, 0.15) is 70.8 Å². The van der Waals surface area contributed by atoms with Crippen molar-refractivity contribution in [2.24, 2.45) is 11.7 Å². The maximum atomic E-state index is 13.4. The van der Waals surface area contributed by atoms with E-state index in [0.29, 0.717) is 18.2 Å². The highest BCUT2D eigenvalue weighted by Crippen LogP contribution is 2.34. The molecular formula is C32H42F6N6O7. The second kappa shape index (κ2) is 18.1. The zero-order valence-electron chi connectivity index (χ0n) is 27.9. The molecule has 13 nitrogen and oxygen atoms in total. The fraction of sp³-hybridized carbons (Fsp3) is 0.562. The minimum Gasteiger partial charge on any atom is -0.475 e. The van der Waals surface area contributed by atoms with Gasteiger partial charge in [-0.25, -0.2) is 14.6 Å². The number of carbonyl (C=O) groups excluding carboxylic acids is 3. The highest BCUT2D eigenvalue weighted by Gasteiger charge is 2.44. The number of carboxylic acid groups (broad SMARTS) is 2. The fourth-order valence-corrected chi connectivity index (χ4v) is 5.64. The molecule has 1 aromatic carbocycles. The molecule has 2 fully saturated rings. The summed E-state index contributed by atoms with van der Waals surface area (Å²) in [6.07, 6.45) is 2.06. The van der Waals surface area contributed by atoms with Crippen LogP contribution in [-0.2, 0) is 29.5 Å². The van der Waals surface area contributed by atoms with Gasteiger partial charge < -0.3 is 41.3 Å². The maximum Gasteiger partial charge on any atom is 0.490 e. The minimum absolute atomic E-state index is 0.102. The Balaban J connectivity index is 0.000000543. The number of aldehydes is 1. The van der Waals surface area contributed by atoms with Crippen LogP contribution in [0, 0.1) is 5.92 Å². The highest BCUT2D eigenvalue weighted by atomic mass is 19.4. The molecule has 1 saturated heterocycles. The van der Waals surface area contributed by atoms with Crippen LogP contribution in [0.15, 0.2) is 42.9 Å². The van der Waals surface area contributed by atoms with Crippen molar-refractivity contribution in [3.8, 4) is 0 Å². The Morgan fingerprint density at radius 1 is 0.961 bits per heavy atom. The number of amides is 2. The number of nitrogens with zero attached hydrogens (tertiary/aromatic N) is 2. The number of hydrogen-bond acceptors (Lipinski definition) is 8. The summed E-state index contributed by atoms with van der Waals surface area (Å²) in [7, 11) is 0. The van der Waals surface area contributed by atoms with Gasteiger partial charge in [0.05, 0.1) is 11.9 Å². The molecule has 1 saturated carbocycles. The molecule has 0 bridgehead atoms. The number of halogens is 6. The molecule has 284 valence electrons. The topological polar surface area (TPSA) is 206 Å². The third-order valence-electron chi connectivity index (χ3n) is 8.25. The van der Waals surface area contributed by atoms with E-state index in [-0.39, 0.29) is 17.9 Å². The van der Waals surface area contributed by atoms with E-state index < -0.39 is 41.4 Å². The lowest BCUT2D eigenvalue weighted by molar-refractivity contribution is -0.193. The van der Waals surface area contributed by atoms with Crippen LogP contribution in [0.2, 0.25) is 0 Å². The number of aliphatic carboxylic acids is 2. The van der Waals surface area contributed by atoms with Crippen molar-refractivity contribution in [2.45, 2.75) is 101 Å². The lowest BCUT2D eigenvalue weighted by Gasteiger charge is -2.36. The summed E-state index contributed by atoms with van der Waals surface area (Å²) in [5.74, 6) is -5.51. The maximum absolute atomic E-state index is 13.4. The van der Waals surface area contributed by atoms with Gasteiger partial charge in [-0.1, -0.05) is 62.4 Å². The molecule has 3 atom stereocenters. The second-order valence-electron chi connectivity index (χ2n) is 12.7. The monoisotopic (exact) mass is 736 g/mol. The van der Waals surface area contributed by atoms with Crippen molar-refractivity contribution in [3.63, 3.8) is 0 Å². The largest absolute Gasteiger partial charge is 0.490 e. The van der Waals surface area contributed by atoms with E-state index in [1.54, 1.807) is 30.9 Å². The molecule has 19 heteroatoms. The van der Waals surface area contributed by atoms with Crippen molar-refractivity contribution in [3.05, 3.63) is 48.4 Å². The van der Waals surface area contributed by atoms with E-state index in [0.717, 1.165) is 56.9 Å². The summed E-state index contributed by atoms with van der Waals surface area (Å²) in [4.78, 5) is 61.1. The number of anilines is 1. The van der Waals surface area contributed by atoms with Crippen LogP contribution in [0.25, 0.3) is 0 Å². The Kier molecular flexibility index (Phi) is 15.1. The number of alkyl halides is 6. The van der Waals surface area contributed by atoms with E-state index in [1.807, 2.05) is 30.3 Å². The first kappa shape index (κ1) is 42.6. The SMILES string of the molecule is CC(C)(N)C(=O)N[C@H](CC1CCCCC1)C(=O)Nc1cn(C(C=O)(c2ccccc2)C2CCCN2)cn1.O=C(O)C(F)(F)F.O=C(O)C(F)(F)F. The van der Waals surface area contributed by atoms with Gasteiger partial charge in [0.1, 0.15) is 11.6 Å². The zero-order chi connectivity index (χ0) is 38.6. The Morgan fingerprint density at radius 3 is 1.96 bits per heavy atom. The lowest BCUT2D eigenvalue weighted by atomic mass is 9.82. The highest BCUT2D eigenvalue weighted by molar-refractivity contribution is 5.98. The quantitative estimate of drug-likeness (QED) is 0.153. The van der Waals surface area contributed by atoms with Gasteiger partial charge in [-0.3, -0.25) is 9.59 Å². The fourth-order valence-electron chi connectivity index (χ4n) is 5.64. The number of rotatable bonds is 10. The molecule has 4 rings (SSSR count). The molecule has 2 amide bonds. The van der Waals surface area contributed by atoms with Gasteiger partial charge in [0, 0.05) is 12.2 Å². The van der Waals surface area contributed by atoms with Gasteiger partial charge in [0.2, 0.25) is 11.8 Å². The number of imidazole rings is 1. The summed E-state index contributed by atoms with van der Waals surface area (Å²) in [5, 5.41) is 23.5. The van der Waals surface area contributed by atoms with Crippen molar-refractivity contribution in [1.82, 2.24) is 20.2 Å². The van der Waals surface area contributed by atoms with Crippen molar-refractivity contribution in [2.75, 3.05) is 11.9 Å². The van der Waals surface area contributed by atoms with E-state index in [9.17, 15) is 40.7 Å². The summed E-state index contributed by atoms with van der Waals surface area (Å²) in [6, 6.07) is 8.82. The van der Waals surface area contributed by atoms with Crippen molar-refractivity contribution in [1.29, 1.82) is 0 Å². The van der Waals surface area contributed by atoms with Gasteiger partial charge >= 0.3 is 24.3 Å². The van der Waals surface area contributed by atoms with Gasteiger partial charge in [-0.05, 0) is 51.1 Å².